The summed E-state index contributed by atoms with van der Waals surface area (Å²) in [7, 11) is 0. The minimum absolute atomic E-state index is 0.142. The van der Waals surface area contributed by atoms with Crippen LogP contribution < -0.4 is 0 Å². The first-order valence-electron chi connectivity index (χ1n) is 4.49. The van der Waals surface area contributed by atoms with Gasteiger partial charge in [-0.25, -0.2) is 4.39 Å². The van der Waals surface area contributed by atoms with Gasteiger partial charge in [0.1, 0.15) is 5.82 Å². The molecule has 1 aliphatic rings. The molecule has 1 aromatic carbocycles. The summed E-state index contributed by atoms with van der Waals surface area (Å²) in [5.74, 6) is -0.142. The highest BCUT2D eigenvalue weighted by molar-refractivity contribution is 5.37. The van der Waals surface area contributed by atoms with Crippen LogP contribution in [0.25, 0.3) is 0 Å². The van der Waals surface area contributed by atoms with Crippen molar-refractivity contribution in [3.8, 4) is 6.07 Å². The van der Waals surface area contributed by atoms with Crippen molar-refractivity contribution in [2.45, 2.75) is 25.7 Å². The number of aryl methyl sites for hydroxylation is 1. The quantitative estimate of drug-likeness (QED) is 0.642. The molecule has 1 aliphatic carbocycles. The molecule has 66 valence electrons. The third-order valence-corrected chi connectivity index (χ3v) is 2.56. The molecule has 1 nitrogen and oxygen atoms in total. The lowest BCUT2D eigenvalue weighted by molar-refractivity contribution is 0.600. The van der Waals surface area contributed by atoms with E-state index in [1.165, 1.54) is 0 Å². The molecule has 0 heterocycles. The predicted molar refractivity (Wildman–Crippen MR) is 47.7 cm³/mol. The van der Waals surface area contributed by atoms with Gasteiger partial charge in [-0.2, -0.15) is 5.26 Å². The van der Waals surface area contributed by atoms with Crippen LogP contribution in [0.3, 0.4) is 0 Å². The Labute approximate surface area is 76.8 Å². The van der Waals surface area contributed by atoms with Gasteiger partial charge in [0.2, 0.25) is 0 Å². The fourth-order valence-electron chi connectivity index (χ4n) is 1.89. The van der Waals surface area contributed by atoms with Gasteiger partial charge in [0.25, 0.3) is 0 Å². The number of benzene rings is 1. The van der Waals surface area contributed by atoms with Crippen molar-refractivity contribution in [3.63, 3.8) is 0 Å². The van der Waals surface area contributed by atoms with Gasteiger partial charge in [-0.05, 0) is 30.4 Å². The molecule has 2 rings (SSSR count). The lowest BCUT2D eigenvalue weighted by atomic mass is 10.0. The van der Waals surface area contributed by atoms with E-state index in [0.717, 1.165) is 30.4 Å². The fraction of sp³-hybridized carbons (Fsp3) is 0.364. The van der Waals surface area contributed by atoms with E-state index < -0.39 is 0 Å². The fourth-order valence-corrected chi connectivity index (χ4v) is 1.89. The van der Waals surface area contributed by atoms with Gasteiger partial charge < -0.3 is 0 Å². The number of rotatable bonds is 1. The highest BCUT2D eigenvalue weighted by Crippen LogP contribution is 2.26. The molecule has 0 amide bonds. The Bertz CT molecular complexity index is 376. The molecule has 0 unspecified atom stereocenters. The van der Waals surface area contributed by atoms with Gasteiger partial charge in [0.15, 0.2) is 0 Å². The number of hydrogen-bond acceptors (Lipinski definition) is 1. The van der Waals surface area contributed by atoms with Crippen molar-refractivity contribution >= 4 is 0 Å². The lowest BCUT2D eigenvalue weighted by Crippen LogP contribution is -1.95. The number of hydrogen-bond donors (Lipinski definition) is 0. The Kier molecular flexibility index (Phi) is 2.02. The molecule has 0 N–H and O–H groups in total. The van der Waals surface area contributed by atoms with E-state index >= 15 is 0 Å². The second-order valence-corrected chi connectivity index (χ2v) is 3.36. The number of fused-ring (bicyclic) bond motifs is 1. The molecule has 1 aromatic rings. The standard InChI is InChI=1S/C11H10FN/c12-11-9(6-7-13)5-4-8-2-1-3-10(8)11/h4-5H,1-3,6H2. The largest absolute Gasteiger partial charge is 0.206 e. The van der Waals surface area contributed by atoms with Crippen molar-refractivity contribution in [3.05, 3.63) is 34.6 Å². The van der Waals surface area contributed by atoms with E-state index in [1.54, 1.807) is 6.07 Å². The minimum atomic E-state index is -0.142. The van der Waals surface area contributed by atoms with Gasteiger partial charge >= 0.3 is 0 Å². The molecule has 0 aromatic heterocycles. The molecule has 0 atom stereocenters. The summed E-state index contributed by atoms with van der Waals surface area (Å²) >= 11 is 0. The summed E-state index contributed by atoms with van der Waals surface area (Å²) in [6, 6.07) is 5.67. The molecule has 0 bridgehead atoms. The van der Waals surface area contributed by atoms with Crippen molar-refractivity contribution in [1.82, 2.24) is 0 Å². The Hall–Kier alpha value is -1.36. The van der Waals surface area contributed by atoms with Crippen LogP contribution in [0.1, 0.15) is 23.1 Å². The molecule has 2 heteroatoms. The highest BCUT2D eigenvalue weighted by atomic mass is 19.1. The topological polar surface area (TPSA) is 23.8 Å². The van der Waals surface area contributed by atoms with Crippen LogP contribution in [-0.2, 0) is 19.3 Å². The molecule has 0 spiro atoms. The third kappa shape index (κ3) is 1.31. The second kappa shape index (κ2) is 3.18. The Morgan fingerprint density at radius 2 is 2.23 bits per heavy atom. The maximum Gasteiger partial charge on any atom is 0.130 e. The van der Waals surface area contributed by atoms with Crippen LogP contribution in [-0.4, -0.2) is 0 Å². The van der Waals surface area contributed by atoms with E-state index in [2.05, 4.69) is 0 Å². The van der Waals surface area contributed by atoms with Crippen LogP contribution in [0.2, 0.25) is 0 Å². The van der Waals surface area contributed by atoms with Gasteiger partial charge in [0, 0.05) is 5.56 Å². The summed E-state index contributed by atoms with van der Waals surface area (Å²) in [5.41, 5.74) is 2.51. The smallest absolute Gasteiger partial charge is 0.130 e. The summed E-state index contributed by atoms with van der Waals surface area (Å²) in [6.07, 6.45) is 3.04. The summed E-state index contributed by atoms with van der Waals surface area (Å²) in [5, 5.41) is 8.48. The van der Waals surface area contributed by atoms with Crippen molar-refractivity contribution in [2.75, 3.05) is 0 Å². The first kappa shape index (κ1) is 8.25. The first-order valence-corrected chi connectivity index (χ1v) is 4.49. The van der Waals surface area contributed by atoms with Crippen molar-refractivity contribution < 1.29 is 4.39 Å². The number of nitrogens with zero attached hydrogens (tertiary/aromatic N) is 1. The maximum absolute atomic E-state index is 13.6. The highest BCUT2D eigenvalue weighted by Gasteiger charge is 2.17. The molecule has 0 fully saturated rings. The Balaban J connectivity index is 2.47. The van der Waals surface area contributed by atoms with E-state index in [-0.39, 0.29) is 12.2 Å². The maximum atomic E-state index is 13.6. The molecule has 0 aliphatic heterocycles. The van der Waals surface area contributed by atoms with Gasteiger partial charge in [0.05, 0.1) is 12.5 Å². The first-order chi connectivity index (χ1) is 6.33. The summed E-state index contributed by atoms with van der Waals surface area (Å²) in [6.45, 7) is 0. The SMILES string of the molecule is N#CCc1ccc2c(c1F)CCC2. The lowest BCUT2D eigenvalue weighted by Gasteiger charge is -2.04. The van der Waals surface area contributed by atoms with Crippen molar-refractivity contribution in [2.24, 2.45) is 0 Å². The molecule has 0 saturated carbocycles. The average molecular weight is 175 g/mol. The van der Waals surface area contributed by atoms with Crippen LogP contribution >= 0.6 is 0 Å². The predicted octanol–water partition coefficient (Wildman–Crippen LogP) is 2.38. The Morgan fingerprint density at radius 1 is 1.38 bits per heavy atom. The van der Waals surface area contributed by atoms with Crippen LogP contribution in [0.5, 0.6) is 0 Å². The van der Waals surface area contributed by atoms with E-state index in [4.69, 9.17) is 5.26 Å². The van der Waals surface area contributed by atoms with E-state index in [0.29, 0.717) is 5.56 Å². The summed E-state index contributed by atoms with van der Waals surface area (Å²) in [4.78, 5) is 0. The Morgan fingerprint density at radius 3 is 3.00 bits per heavy atom. The minimum Gasteiger partial charge on any atom is -0.206 e. The van der Waals surface area contributed by atoms with Gasteiger partial charge in [-0.1, -0.05) is 12.1 Å². The number of nitriles is 1. The van der Waals surface area contributed by atoms with Crippen LogP contribution in [0, 0.1) is 17.1 Å². The second-order valence-electron chi connectivity index (χ2n) is 3.36. The monoisotopic (exact) mass is 175 g/mol. The third-order valence-electron chi connectivity index (χ3n) is 2.56. The molecule has 0 saturated heterocycles. The van der Waals surface area contributed by atoms with E-state index in [9.17, 15) is 4.39 Å². The van der Waals surface area contributed by atoms with Crippen LogP contribution in [0.15, 0.2) is 12.1 Å². The normalized spacial score (nSPS) is 13.8. The molecule has 13 heavy (non-hydrogen) atoms. The zero-order valence-electron chi connectivity index (χ0n) is 7.31. The molecular weight excluding hydrogens is 165 g/mol. The summed E-state index contributed by atoms with van der Waals surface area (Å²) < 4.78 is 13.6. The van der Waals surface area contributed by atoms with Crippen molar-refractivity contribution in [1.29, 1.82) is 5.26 Å². The molecule has 0 radical (unpaired) electrons. The van der Waals surface area contributed by atoms with Crippen LogP contribution in [0.4, 0.5) is 4.39 Å². The zero-order valence-corrected chi connectivity index (χ0v) is 7.31. The zero-order chi connectivity index (χ0) is 9.26. The molecular formula is C11H10FN. The van der Waals surface area contributed by atoms with Gasteiger partial charge in [-0.15, -0.1) is 0 Å². The van der Waals surface area contributed by atoms with E-state index in [1.807, 2.05) is 12.1 Å². The van der Waals surface area contributed by atoms with Gasteiger partial charge in [-0.3, -0.25) is 0 Å². The number of halogens is 1. The average Bonchev–Trinajstić information content (AvgIpc) is 2.58.